The molecule has 232 valence electrons. The third-order valence-corrected chi connectivity index (χ3v) is 7.89. The molecule has 0 aliphatic carbocycles. The van der Waals surface area contributed by atoms with Crippen molar-refractivity contribution in [3.05, 3.63) is 149 Å². The van der Waals surface area contributed by atoms with Crippen LogP contribution in [0, 0.1) is 0 Å². The molecule has 0 spiro atoms. The molecule has 4 aromatic carbocycles. The molecule has 0 atom stereocenters. The Morgan fingerprint density at radius 2 is 1.04 bits per heavy atom. The topological polar surface area (TPSA) is 126 Å². The van der Waals surface area contributed by atoms with E-state index in [1.165, 1.54) is 0 Å². The summed E-state index contributed by atoms with van der Waals surface area (Å²) >= 11 is 11.7. The Bertz CT molecular complexity index is 2170. The van der Waals surface area contributed by atoms with E-state index in [4.69, 9.17) is 23.2 Å². The molecule has 6 aromatic rings. The molecule has 0 amide bonds. The molecule has 2 aromatic heterocycles. The molecule has 0 bridgehead atoms. The summed E-state index contributed by atoms with van der Waals surface area (Å²) in [5, 5.41) is 1.20. The Morgan fingerprint density at radius 3 is 1.57 bits per heavy atom. The summed E-state index contributed by atoms with van der Waals surface area (Å²) in [7, 11) is 0. The van der Waals surface area contributed by atoms with Crippen molar-refractivity contribution in [2.45, 2.75) is 39.5 Å². The molecule has 46 heavy (non-hydrogen) atoms. The molecule has 6 rings (SSSR count). The van der Waals surface area contributed by atoms with Gasteiger partial charge in [-0.2, -0.15) is 0 Å². The van der Waals surface area contributed by atoms with Gasteiger partial charge in [-0.25, -0.2) is 9.97 Å². The molecule has 0 aliphatic heterocycles. The lowest BCUT2D eigenvalue weighted by atomic mass is 10.0. The lowest BCUT2D eigenvalue weighted by Gasteiger charge is -2.05. The molecule has 0 aliphatic rings. The van der Waals surface area contributed by atoms with Gasteiger partial charge >= 0.3 is 0 Å². The summed E-state index contributed by atoms with van der Waals surface area (Å²) in [5.74, 6) is 0.0163. The molecule has 0 radical (unpaired) electrons. The van der Waals surface area contributed by atoms with Crippen molar-refractivity contribution in [1.29, 1.82) is 0 Å². The number of H-pyrrole nitrogens is 2. The summed E-state index contributed by atoms with van der Waals surface area (Å²) in [6.07, 6.45) is 1.69. The van der Waals surface area contributed by atoms with Crippen molar-refractivity contribution < 1.29 is 9.59 Å². The fourth-order valence-electron chi connectivity index (χ4n) is 4.88. The number of hydrogen-bond donors (Lipinski definition) is 2. The van der Waals surface area contributed by atoms with Crippen LogP contribution in [0.4, 0.5) is 0 Å². The average Bonchev–Trinajstić information content (AvgIpc) is 3.05. The lowest BCUT2D eigenvalue weighted by molar-refractivity contribution is 0.0985. The minimum absolute atomic E-state index is 0.00139. The zero-order valence-electron chi connectivity index (χ0n) is 25.2. The molecular weight excluding hydrogens is 623 g/mol. The minimum Gasteiger partial charge on any atom is -0.319 e. The standard InChI is InChI=1S/2C18H15ClN2O2/c1-2-14-18(23)21-15-8-3-11(9-16(15)20-14)10-17(22)12-4-6-13(19)7-5-12;1-2-14-18(23)21-16-9-11(3-8-15(16)20-14)10-17(22)12-4-6-13(19)7-5-12/h2*3-9H,2,10H2,1H3,(H,21,23). The summed E-state index contributed by atoms with van der Waals surface area (Å²) in [6.45, 7) is 3.78. The second kappa shape index (κ2) is 14.5. The van der Waals surface area contributed by atoms with Gasteiger partial charge in [-0.1, -0.05) is 49.2 Å². The van der Waals surface area contributed by atoms with Crippen LogP contribution in [0.1, 0.15) is 57.1 Å². The maximum absolute atomic E-state index is 12.3. The van der Waals surface area contributed by atoms with Gasteiger partial charge < -0.3 is 9.97 Å². The van der Waals surface area contributed by atoms with E-state index >= 15 is 0 Å². The number of ketones is 2. The number of nitrogens with one attached hydrogen (secondary N) is 2. The molecule has 10 heteroatoms. The van der Waals surface area contributed by atoms with Gasteiger partial charge in [0.15, 0.2) is 11.6 Å². The van der Waals surface area contributed by atoms with Gasteiger partial charge in [0.2, 0.25) is 0 Å². The number of carbonyl (C=O) groups excluding carboxylic acids is 2. The molecule has 0 saturated heterocycles. The van der Waals surface area contributed by atoms with Crippen LogP contribution in [-0.2, 0) is 25.7 Å². The van der Waals surface area contributed by atoms with E-state index in [0.717, 1.165) is 16.6 Å². The monoisotopic (exact) mass is 652 g/mol. The van der Waals surface area contributed by atoms with Crippen LogP contribution in [-0.4, -0.2) is 31.5 Å². The summed E-state index contributed by atoms with van der Waals surface area (Å²) in [6, 6.07) is 24.6. The Kier molecular flexibility index (Phi) is 10.2. The fourth-order valence-corrected chi connectivity index (χ4v) is 5.14. The minimum atomic E-state index is -0.179. The Morgan fingerprint density at radius 1 is 0.587 bits per heavy atom. The van der Waals surface area contributed by atoms with Crippen LogP contribution in [0.2, 0.25) is 10.0 Å². The first-order chi connectivity index (χ1) is 22.1. The zero-order chi connectivity index (χ0) is 32.8. The van der Waals surface area contributed by atoms with Crippen molar-refractivity contribution in [2.75, 3.05) is 0 Å². The highest BCUT2D eigenvalue weighted by atomic mass is 35.5. The van der Waals surface area contributed by atoms with Crippen molar-refractivity contribution >= 4 is 56.8 Å². The van der Waals surface area contributed by atoms with Crippen LogP contribution in [0.25, 0.3) is 22.1 Å². The second-order valence-corrected chi connectivity index (χ2v) is 11.5. The van der Waals surface area contributed by atoms with E-state index in [2.05, 4.69) is 19.9 Å². The third-order valence-electron chi connectivity index (χ3n) is 7.39. The van der Waals surface area contributed by atoms with Crippen LogP contribution in [0.15, 0.2) is 94.5 Å². The Labute approximate surface area is 274 Å². The number of nitrogens with zero attached hydrogens (tertiary/aromatic N) is 2. The number of aromatic amines is 2. The number of Topliss-reactive ketones (excluding diaryl/α,β-unsaturated/α-hetero) is 2. The van der Waals surface area contributed by atoms with Crippen molar-refractivity contribution in [1.82, 2.24) is 19.9 Å². The SMILES string of the molecule is CCc1nc2cc(CC(=O)c3ccc(Cl)cc3)ccc2[nH]c1=O.CCc1nc2ccc(CC(=O)c3ccc(Cl)cc3)cc2[nH]c1=O. The number of rotatable bonds is 8. The van der Waals surface area contributed by atoms with Crippen molar-refractivity contribution in [3.63, 3.8) is 0 Å². The van der Waals surface area contributed by atoms with Gasteiger partial charge in [-0.15, -0.1) is 0 Å². The predicted molar refractivity (Wildman–Crippen MR) is 182 cm³/mol. The second-order valence-electron chi connectivity index (χ2n) is 10.6. The smallest absolute Gasteiger partial charge is 0.270 e. The predicted octanol–water partition coefficient (Wildman–Crippen LogP) is 7.13. The van der Waals surface area contributed by atoms with Crippen LogP contribution < -0.4 is 11.1 Å². The number of aryl methyl sites for hydroxylation is 2. The summed E-state index contributed by atoms with van der Waals surface area (Å²) in [5.41, 5.74) is 6.35. The van der Waals surface area contributed by atoms with Crippen LogP contribution >= 0.6 is 23.2 Å². The van der Waals surface area contributed by atoms with E-state index < -0.39 is 0 Å². The van der Waals surface area contributed by atoms with E-state index in [0.29, 0.717) is 62.0 Å². The summed E-state index contributed by atoms with van der Waals surface area (Å²) < 4.78 is 0. The van der Waals surface area contributed by atoms with Gasteiger partial charge in [-0.05, 0) is 96.8 Å². The first kappa shape index (κ1) is 32.5. The molecule has 8 nitrogen and oxygen atoms in total. The highest BCUT2D eigenvalue weighted by Crippen LogP contribution is 2.17. The van der Waals surface area contributed by atoms with E-state index in [1.54, 1.807) is 60.7 Å². The normalized spacial score (nSPS) is 10.9. The van der Waals surface area contributed by atoms with E-state index in [-0.39, 0.29) is 35.5 Å². The molecule has 0 saturated carbocycles. The quantitative estimate of drug-likeness (QED) is 0.169. The molecule has 2 heterocycles. The van der Waals surface area contributed by atoms with Gasteiger partial charge in [0, 0.05) is 34.0 Å². The van der Waals surface area contributed by atoms with E-state index in [9.17, 15) is 19.2 Å². The highest BCUT2D eigenvalue weighted by molar-refractivity contribution is 6.31. The highest BCUT2D eigenvalue weighted by Gasteiger charge is 2.11. The van der Waals surface area contributed by atoms with Gasteiger partial charge in [0.05, 0.1) is 22.1 Å². The number of hydrogen-bond acceptors (Lipinski definition) is 6. The van der Waals surface area contributed by atoms with E-state index in [1.807, 2.05) is 38.1 Å². The maximum Gasteiger partial charge on any atom is 0.270 e. The lowest BCUT2D eigenvalue weighted by Crippen LogP contribution is -2.14. The van der Waals surface area contributed by atoms with Crippen molar-refractivity contribution in [2.24, 2.45) is 0 Å². The fraction of sp³-hybridized carbons (Fsp3) is 0.167. The zero-order valence-corrected chi connectivity index (χ0v) is 26.7. The Hall–Kier alpha value is -4.92. The van der Waals surface area contributed by atoms with Crippen molar-refractivity contribution in [3.8, 4) is 0 Å². The number of halogens is 2. The van der Waals surface area contributed by atoms with Crippen LogP contribution in [0.5, 0.6) is 0 Å². The molecule has 0 fully saturated rings. The first-order valence-electron chi connectivity index (χ1n) is 14.7. The van der Waals surface area contributed by atoms with Gasteiger partial charge in [0.1, 0.15) is 11.4 Å². The molecule has 0 unspecified atom stereocenters. The average molecular weight is 654 g/mol. The largest absolute Gasteiger partial charge is 0.319 e. The first-order valence-corrected chi connectivity index (χ1v) is 15.5. The number of fused-ring (bicyclic) bond motifs is 2. The maximum atomic E-state index is 12.3. The van der Waals surface area contributed by atoms with Gasteiger partial charge in [0.25, 0.3) is 11.1 Å². The van der Waals surface area contributed by atoms with Gasteiger partial charge in [-0.3, -0.25) is 19.2 Å². The number of aromatic nitrogens is 4. The van der Waals surface area contributed by atoms with Crippen LogP contribution in [0.3, 0.4) is 0 Å². The summed E-state index contributed by atoms with van der Waals surface area (Å²) in [4.78, 5) is 62.6. The molecular formula is C36H30Cl2N4O4. The third kappa shape index (κ3) is 7.83. The number of benzene rings is 4. The molecule has 2 N–H and O–H groups in total. The number of carbonyl (C=O) groups is 2. The Balaban J connectivity index is 0.000000181.